The zero-order valence-electron chi connectivity index (χ0n) is 22.1. The van der Waals surface area contributed by atoms with Gasteiger partial charge in [-0.05, 0) is 56.0 Å². The van der Waals surface area contributed by atoms with Gasteiger partial charge in [0.2, 0.25) is 11.8 Å². The lowest BCUT2D eigenvalue weighted by atomic mass is 9.76. The third kappa shape index (κ3) is 5.35. The van der Waals surface area contributed by atoms with E-state index in [4.69, 9.17) is 21.0 Å². The highest BCUT2D eigenvalue weighted by atomic mass is 35.5. The second-order valence-corrected chi connectivity index (χ2v) is 13.8. The lowest BCUT2D eigenvalue weighted by Gasteiger charge is -2.32. The molecule has 3 aliphatic rings. The van der Waals surface area contributed by atoms with Crippen LogP contribution in [-0.2, 0) is 14.6 Å². The predicted molar refractivity (Wildman–Crippen MR) is 154 cm³/mol. The third-order valence-electron chi connectivity index (χ3n) is 8.35. The van der Waals surface area contributed by atoms with Crippen LogP contribution in [0, 0.1) is 17.2 Å². The van der Waals surface area contributed by atoms with Gasteiger partial charge in [-0.15, -0.1) is 0 Å². The molecule has 1 saturated heterocycles. The van der Waals surface area contributed by atoms with Gasteiger partial charge in [0, 0.05) is 46.8 Å². The second-order valence-electron chi connectivity index (χ2n) is 11.1. The average molecular weight is 579 g/mol. The summed E-state index contributed by atoms with van der Waals surface area (Å²) in [6, 6.07) is 17.4. The molecule has 208 valence electrons. The van der Waals surface area contributed by atoms with Crippen LogP contribution in [0.3, 0.4) is 0 Å². The van der Waals surface area contributed by atoms with E-state index in [-0.39, 0.29) is 29.2 Å². The van der Waals surface area contributed by atoms with Crippen molar-refractivity contribution in [2.75, 3.05) is 29.5 Å². The molecule has 1 N–H and O–H groups in total. The fraction of sp³-hybridized carbons (Fsp3) is 0.433. The molecule has 1 amide bonds. The van der Waals surface area contributed by atoms with Gasteiger partial charge < -0.3 is 14.6 Å². The minimum Gasteiger partial charge on any atom is -0.440 e. The molecule has 3 aromatic rings. The van der Waals surface area contributed by atoms with Gasteiger partial charge in [-0.2, -0.15) is 5.26 Å². The molecule has 2 aromatic carbocycles. The molecule has 1 aliphatic heterocycles. The second kappa shape index (κ2) is 10.6. The van der Waals surface area contributed by atoms with Crippen LogP contribution in [0.2, 0.25) is 5.02 Å². The summed E-state index contributed by atoms with van der Waals surface area (Å²) >= 11 is 6.14. The van der Waals surface area contributed by atoms with Crippen LogP contribution >= 0.6 is 11.6 Å². The first-order chi connectivity index (χ1) is 19.3. The molecule has 0 bridgehead atoms. The number of carbonyl (C=O) groups excluding carboxylic acids is 1. The number of hydrogen-bond donors (Lipinski definition) is 1. The molecule has 6 rings (SSSR count). The number of nitrogens with one attached hydrogen (secondary N) is 1. The molecule has 3 fully saturated rings. The van der Waals surface area contributed by atoms with Crippen molar-refractivity contribution >= 4 is 33.0 Å². The number of para-hydroxylation sites is 1. The van der Waals surface area contributed by atoms with Crippen molar-refractivity contribution in [3.8, 4) is 28.8 Å². The van der Waals surface area contributed by atoms with Gasteiger partial charge in [0.15, 0.2) is 9.84 Å². The molecule has 8 nitrogen and oxygen atoms in total. The van der Waals surface area contributed by atoms with Gasteiger partial charge in [0.05, 0.1) is 17.6 Å². The van der Waals surface area contributed by atoms with E-state index in [0.717, 1.165) is 36.1 Å². The number of nitriles is 1. The van der Waals surface area contributed by atoms with Crippen molar-refractivity contribution < 1.29 is 17.6 Å². The summed E-state index contributed by atoms with van der Waals surface area (Å²) in [5.41, 5.74) is 2.45. The van der Waals surface area contributed by atoms with Crippen LogP contribution in [0.25, 0.3) is 22.7 Å². The van der Waals surface area contributed by atoms with Gasteiger partial charge >= 0.3 is 0 Å². The minimum absolute atomic E-state index is 0.103. The SMILES string of the molecule is N#CC1(NC(=O)[C@@H]2CCCC[C@H]2c2oc(-c3ccc(Cl)cc3)nc2-c2ccccc2N2CCS(=O)(=O)CC2)CC1. The van der Waals surface area contributed by atoms with E-state index in [1.54, 1.807) is 12.1 Å². The Kier molecular flexibility index (Phi) is 7.09. The lowest BCUT2D eigenvalue weighted by Crippen LogP contribution is -2.42. The van der Waals surface area contributed by atoms with E-state index in [2.05, 4.69) is 16.3 Å². The van der Waals surface area contributed by atoms with Crippen molar-refractivity contribution in [3.63, 3.8) is 0 Å². The van der Waals surface area contributed by atoms with Gasteiger partial charge in [0.1, 0.15) is 17.0 Å². The van der Waals surface area contributed by atoms with E-state index in [9.17, 15) is 18.5 Å². The minimum atomic E-state index is -3.04. The van der Waals surface area contributed by atoms with E-state index in [1.165, 1.54) is 0 Å². The topological polar surface area (TPSA) is 116 Å². The first kappa shape index (κ1) is 26.9. The number of oxazole rings is 1. The highest BCUT2D eigenvalue weighted by Crippen LogP contribution is 2.46. The number of aromatic nitrogens is 1. The van der Waals surface area contributed by atoms with Gasteiger partial charge in [-0.1, -0.05) is 42.6 Å². The molecule has 0 radical (unpaired) electrons. The van der Waals surface area contributed by atoms with Crippen LogP contribution < -0.4 is 10.2 Å². The average Bonchev–Trinajstić information content (AvgIpc) is 3.60. The Hall–Kier alpha value is -3.35. The molecular weight excluding hydrogens is 548 g/mol. The number of sulfone groups is 1. The van der Waals surface area contributed by atoms with Crippen LogP contribution in [0.4, 0.5) is 5.69 Å². The fourth-order valence-electron chi connectivity index (χ4n) is 5.87. The number of amides is 1. The zero-order valence-corrected chi connectivity index (χ0v) is 23.7. The molecule has 1 aromatic heterocycles. The monoisotopic (exact) mass is 578 g/mol. The molecule has 10 heteroatoms. The Labute approximate surface area is 239 Å². The highest BCUT2D eigenvalue weighted by molar-refractivity contribution is 7.91. The van der Waals surface area contributed by atoms with Gasteiger partial charge in [-0.25, -0.2) is 13.4 Å². The maximum Gasteiger partial charge on any atom is 0.226 e. The van der Waals surface area contributed by atoms with Crippen LogP contribution in [0.1, 0.15) is 50.2 Å². The summed E-state index contributed by atoms with van der Waals surface area (Å²) in [6.45, 7) is 0.808. The Balaban J connectivity index is 1.43. The molecule has 2 saturated carbocycles. The molecule has 40 heavy (non-hydrogen) atoms. The summed E-state index contributed by atoms with van der Waals surface area (Å²) in [6.07, 6.45) is 4.73. The largest absolute Gasteiger partial charge is 0.440 e. The smallest absolute Gasteiger partial charge is 0.226 e. The van der Waals surface area contributed by atoms with Crippen LogP contribution in [0.15, 0.2) is 52.9 Å². The van der Waals surface area contributed by atoms with Crippen LogP contribution in [0.5, 0.6) is 0 Å². The Bertz CT molecular complexity index is 1560. The quantitative estimate of drug-likeness (QED) is 0.419. The molecule has 0 spiro atoms. The summed E-state index contributed by atoms with van der Waals surface area (Å²) in [7, 11) is -3.04. The molecule has 2 heterocycles. The number of benzene rings is 2. The van der Waals surface area contributed by atoms with Crippen molar-refractivity contribution in [1.82, 2.24) is 10.3 Å². The van der Waals surface area contributed by atoms with Gasteiger partial charge in [0.25, 0.3) is 0 Å². The Morgan fingerprint density at radius 2 is 1.77 bits per heavy atom. The Morgan fingerprint density at radius 1 is 1.07 bits per heavy atom. The van der Waals surface area contributed by atoms with E-state index < -0.39 is 15.4 Å². The van der Waals surface area contributed by atoms with Crippen molar-refractivity contribution in [2.24, 2.45) is 5.92 Å². The van der Waals surface area contributed by atoms with Gasteiger partial charge in [-0.3, -0.25) is 4.79 Å². The first-order valence-electron chi connectivity index (χ1n) is 13.8. The maximum absolute atomic E-state index is 13.5. The number of hydrogen-bond acceptors (Lipinski definition) is 7. The van der Waals surface area contributed by atoms with Crippen LogP contribution in [-0.4, -0.2) is 49.4 Å². The Morgan fingerprint density at radius 3 is 2.48 bits per heavy atom. The summed E-state index contributed by atoms with van der Waals surface area (Å²) < 4.78 is 30.8. The van der Waals surface area contributed by atoms with E-state index in [0.29, 0.717) is 54.7 Å². The standard InChI is InChI=1S/C30H31ClN4O4S/c31-21-11-9-20(10-12-21)29-33-26(24-7-3-4-8-25(24)35-15-17-40(37,38)18-16-35)27(39-29)22-5-1-2-6-23(22)28(36)34-30(19-32)13-14-30/h3-4,7-12,22-23H,1-2,5-6,13-18H2,(H,34,36)/t22-,23-/m1/s1. The molecular formula is C30H31ClN4O4S. The predicted octanol–water partition coefficient (Wildman–Crippen LogP) is 5.34. The lowest BCUT2D eigenvalue weighted by molar-refractivity contribution is -0.127. The third-order valence-corrected chi connectivity index (χ3v) is 10.2. The molecule has 2 atom stereocenters. The summed E-state index contributed by atoms with van der Waals surface area (Å²) in [5.74, 6) is 0.664. The maximum atomic E-state index is 13.5. The normalized spacial score (nSPS) is 23.2. The number of rotatable bonds is 6. The number of carbonyl (C=O) groups is 1. The van der Waals surface area contributed by atoms with Crippen molar-refractivity contribution in [1.29, 1.82) is 5.26 Å². The van der Waals surface area contributed by atoms with E-state index in [1.807, 2.05) is 36.4 Å². The molecule has 2 aliphatic carbocycles. The first-order valence-corrected chi connectivity index (χ1v) is 16.0. The van der Waals surface area contributed by atoms with Crippen molar-refractivity contribution in [3.05, 3.63) is 59.3 Å². The number of anilines is 1. The van der Waals surface area contributed by atoms with E-state index >= 15 is 0 Å². The summed E-state index contributed by atoms with van der Waals surface area (Å²) in [4.78, 5) is 20.6. The highest BCUT2D eigenvalue weighted by Gasteiger charge is 2.47. The number of nitrogens with zero attached hydrogens (tertiary/aromatic N) is 3. The molecule has 0 unspecified atom stereocenters. The van der Waals surface area contributed by atoms with Crippen molar-refractivity contribution in [2.45, 2.75) is 50.0 Å². The summed E-state index contributed by atoms with van der Waals surface area (Å²) in [5, 5.41) is 13.2. The number of halogens is 1. The zero-order chi connectivity index (χ0) is 27.9. The fourth-order valence-corrected chi connectivity index (χ4v) is 7.20.